The van der Waals surface area contributed by atoms with Crippen molar-refractivity contribution in [3.05, 3.63) is 57.8 Å². The third-order valence-corrected chi connectivity index (χ3v) is 4.42. The molecule has 0 radical (unpaired) electrons. The molecule has 0 saturated heterocycles. The van der Waals surface area contributed by atoms with E-state index in [9.17, 15) is 9.50 Å². The van der Waals surface area contributed by atoms with Crippen LogP contribution in [0.25, 0.3) is 0 Å². The fraction of sp³-hybridized carbons (Fsp3) is 0.400. The molecule has 7 heteroatoms. The SMILES string of the molecule is CCOc1cc(CNC(C)(C)CO)cc(Br)c1OCc1ccc(F)cc1.Cl. The zero-order valence-electron chi connectivity index (χ0n) is 15.7. The summed E-state index contributed by atoms with van der Waals surface area (Å²) < 4.78 is 25.4. The van der Waals surface area contributed by atoms with Gasteiger partial charge in [-0.3, -0.25) is 0 Å². The van der Waals surface area contributed by atoms with E-state index in [2.05, 4.69) is 21.2 Å². The Morgan fingerprint density at radius 3 is 2.37 bits per heavy atom. The van der Waals surface area contributed by atoms with Crippen molar-refractivity contribution in [3.8, 4) is 11.5 Å². The van der Waals surface area contributed by atoms with Gasteiger partial charge in [0.15, 0.2) is 11.5 Å². The average Bonchev–Trinajstić information content (AvgIpc) is 2.61. The quantitative estimate of drug-likeness (QED) is 0.559. The Balaban J connectivity index is 0.00000364. The molecule has 0 saturated carbocycles. The number of halogens is 3. The summed E-state index contributed by atoms with van der Waals surface area (Å²) in [7, 11) is 0. The van der Waals surface area contributed by atoms with E-state index >= 15 is 0 Å². The van der Waals surface area contributed by atoms with Crippen LogP contribution >= 0.6 is 28.3 Å². The van der Waals surface area contributed by atoms with Crippen molar-refractivity contribution in [1.82, 2.24) is 5.32 Å². The number of hydrogen-bond acceptors (Lipinski definition) is 4. The van der Waals surface area contributed by atoms with Crippen molar-refractivity contribution in [1.29, 1.82) is 0 Å². The molecule has 0 amide bonds. The molecule has 0 aliphatic carbocycles. The Kier molecular flexibility index (Phi) is 9.53. The zero-order chi connectivity index (χ0) is 19.2. The second kappa shape index (κ2) is 10.9. The highest BCUT2D eigenvalue weighted by molar-refractivity contribution is 9.10. The lowest BCUT2D eigenvalue weighted by Crippen LogP contribution is -2.42. The van der Waals surface area contributed by atoms with Crippen molar-refractivity contribution < 1.29 is 19.0 Å². The highest BCUT2D eigenvalue weighted by Gasteiger charge is 2.17. The molecule has 2 rings (SSSR count). The summed E-state index contributed by atoms with van der Waals surface area (Å²) in [5, 5.41) is 12.7. The average molecular weight is 463 g/mol. The smallest absolute Gasteiger partial charge is 0.175 e. The van der Waals surface area contributed by atoms with Crippen LogP contribution in [-0.2, 0) is 13.2 Å². The predicted molar refractivity (Wildman–Crippen MR) is 111 cm³/mol. The second-order valence-corrected chi connectivity index (χ2v) is 7.50. The maximum atomic E-state index is 13.0. The van der Waals surface area contributed by atoms with E-state index in [-0.39, 0.29) is 30.4 Å². The Morgan fingerprint density at radius 2 is 1.78 bits per heavy atom. The lowest BCUT2D eigenvalue weighted by atomic mass is 10.1. The van der Waals surface area contributed by atoms with E-state index < -0.39 is 0 Å². The van der Waals surface area contributed by atoms with Crippen LogP contribution in [-0.4, -0.2) is 23.9 Å². The maximum Gasteiger partial charge on any atom is 0.175 e. The third kappa shape index (κ3) is 7.30. The van der Waals surface area contributed by atoms with Crippen LogP contribution in [0.15, 0.2) is 40.9 Å². The minimum absolute atomic E-state index is 0. The number of aliphatic hydroxyl groups is 1. The van der Waals surface area contributed by atoms with Gasteiger partial charge in [-0.2, -0.15) is 0 Å². The van der Waals surface area contributed by atoms with Crippen LogP contribution in [0.1, 0.15) is 31.9 Å². The van der Waals surface area contributed by atoms with Gasteiger partial charge in [0.05, 0.1) is 17.7 Å². The molecular formula is C20H26BrClFNO3. The molecule has 4 nitrogen and oxygen atoms in total. The van der Waals surface area contributed by atoms with Gasteiger partial charge in [0, 0.05) is 12.1 Å². The summed E-state index contributed by atoms with van der Waals surface area (Å²) in [6.45, 7) is 7.25. The van der Waals surface area contributed by atoms with Gasteiger partial charge in [-0.15, -0.1) is 12.4 Å². The summed E-state index contributed by atoms with van der Waals surface area (Å²) in [6.07, 6.45) is 0. The molecule has 0 bridgehead atoms. The van der Waals surface area contributed by atoms with Gasteiger partial charge in [-0.1, -0.05) is 12.1 Å². The Hall–Kier alpha value is -1.34. The molecule has 27 heavy (non-hydrogen) atoms. The Labute approximate surface area is 174 Å². The molecule has 0 atom stereocenters. The summed E-state index contributed by atoms with van der Waals surface area (Å²) in [5.41, 5.74) is 1.52. The Bertz CT molecular complexity index is 726. The van der Waals surface area contributed by atoms with Crippen molar-refractivity contribution in [3.63, 3.8) is 0 Å². The van der Waals surface area contributed by atoms with E-state index in [1.165, 1.54) is 12.1 Å². The highest BCUT2D eigenvalue weighted by Crippen LogP contribution is 2.37. The van der Waals surface area contributed by atoms with Crippen LogP contribution < -0.4 is 14.8 Å². The van der Waals surface area contributed by atoms with Crippen LogP contribution in [0.2, 0.25) is 0 Å². The van der Waals surface area contributed by atoms with Crippen molar-refractivity contribution in [2.45, 2.75) is 39.5 Å². The van der Waals surface area contributed by atoms with Gasteiger partial charge in [-0.25, -0.2) is 4.39 Å². The number of aliphatic hydroxyl groups excluding tert-OH is 1. The summed E-state index contributed by atoms with van der Waals surface area (Å²) in [6, 6.07) is 10.1. The first-order valence-electron chi connectivity index (χ1n) is 8.53. The van der Waals surface area contributed by atoms with Gasteiger partial charge in [0.2, 0.25) is 0 Å². The molecular weight excluding hydrogens is 437 g/mol. The monoisotopic (exact) mass is 461 g/mol. The molecule has 150 valence electrons. The van der Waals surface area contributed by atoms with E-state index in [0.717, 1.165) is 15.6 Å². The number of benzene rings is 2. The molecule has 0 fully saturated rings. The summed E-state index contributed by atoms with van der Waals surface area (Å²) in [5.74, 6) is 0.983. The molecule has 0 aliphatic rings. The topological polar surface area (TPSA) is 50.7 Å². The number of hydrogen-bond donors (Lipinski definition) is 2. The fourth-order valence-electron chi connectivity index (χ4n) is 2.26. The summed E-state index contributed by atoms with van der Waals surface area (Å²) in [4.78, 5) is 0. The van der Waals surface area contributed by atoms with Crippen molar-refractivity contribution >= 4 is 28.3 Å². The normalized spacial score (nSPS) is 11.0. The van der Waals surface area contributed by atoms with E-state index in [1.807, 2.05) is 32.9 Å². The van der Waals surface area contributed by atoms with Gasteiger partial charge < -0.3 is 19.9 Å². The molecule has 2 aromatic carbocycles. The number of rotatable bonds is 9. The van der Waals surface area contributed by atoms with Gasteiger partial charge in [0.1, 0.15) is 12.4 Å². The first-order chi connectivity index (χ1) is 12.3. The minimum atomic E-state index is -0.365. The van der Waals surface area contributed by atoms with E-state index in [0.29, 0.717) is 31.3 Å². The standard InChI is InChI=1S/C20H25BrFNO3.ClH/c1-4-25-18-10-15(11-23-20(2,3)13-24)9-17(21)19(18)26-12-14-5-7-16(22)8-6-14;/h5-10,23-24H,4,11-13H2,1-3H3;1H. The van der Waals surface area contributed by atoms with Gasteiger partial charge >= 0.3 is 0 Å². The van der Waals surface area contributed by atoms with Crippen LogP contribution in [0.4, 0.5) is 4.39 Å². The zero-order valence-corrected chi connectivity index (χ0v) is 18.1. The van der Waals surface area contributed by atoms with Gasteiger partial charge in [0.25, 0.3) is 0 Å². The van der Waals surface area contributed by atoms with Gasteiger partial charge in [-0.05, 0) is 72.1 Å². The van der Waals surface area contributed by atoms with Crippen LogP contribution in [0.3, 0.4) is 0 Å². The molecule has 0 unspecified atom stereocenters. The van der Waals surface area contributed by atoms with Crippen LogP contribution in [0.5, 0.6) is 11.5 Å². The third-order valence-electron chi connectivity index (χ3n) is 3.83. The number of ether oxygens (including phenoxy) is 2. The van der Waals surface area contributed by atoms with Crippen molar-refractivity contribution in [2.75, 3.05) is 13.2 Å². The predicted octanol–water partition coefficient (Wildman–Crippen LogP) is 4.85. The van der Waals surface area contributed by atoms with Crippen molar-refractivity contribution in [2.24, 2.45) is 0 Å². The first kappa shape index (κ1) is 23.7. The molecule has 0 aliphatic heterocycles. The molecule has 0 spiro atoms. The minimum Gasteiger partial charge on any atom is -0.490 e. The number of nitrogens with one attached hydrogen (secondary N) is 1. The van der Waals surface area contributed by atoms with Crippen LogP contribution in [0, 0.1) is 5.82 Å². The molecule has 2 aromatic rings. The van der Waals surface area contributed by atoms with E-state index in [4.69, 9.17) is 9.47 Å². The molecule has 0 aromatic heterocycles. The molecule has 0 heterocycles. The first-order valence-corrected chi connectivity index (χ1v) is 9.32. The molecule has 2 N–H and O–H groups in total. The largest absolute Gasteiger partial charge is 0.490 e. The lowest BCUT2D eigenvalue weighted by molar-refractivity contribution is 0.187. The van der Waals surface area contributed by atoms with E-state index in [1.54, 1.807) is 12.1 Å². The Morgan fingerprint density at radius 1 is 1.11 bits per heavy atom. The maximum absolute atomic E-state index is 13.0. The lowest BCUT2D eigenvalue weighted by Gasteiger charge is -2.24. The highest BCUT2D eigenvalue weighted by atomic mass is 79.9. The fourth-order valence-corrected chi connectivity index (χ4v) is 2.86. The summed E-state index contributed by atoms with van der Waals surface area (Å²) >= 11 is 3.55. The second-order valence-electron chi connectivity index (χ2n) is 6.65.